The van der Waals surface area contributed by atoms with Gasteiger partial charge in [-0.1, -0.05) is 17.7 Å². The van der Waals surface area contributed by atoms with Crippen molar-refractivity contribution in [1.82, 2.24) is 0 Å². The van der Waals surface area contributed by atoms with Crippen LogP contribution in [0.4, 0.5) is 0 Å². The molecule has 6 heteroatoms. The lowest BCUT2D eigenvalue weighted by atomic mass is 10.2. The summed E-state index contributed by atoms with van der Waals surface area (Å²) in [7, 11) is -4.02. The maximum absolute atomic E-state index is 10.5. The van der Waals surface area contributed by atoms with Crippen LogP contribution in [0.15, 0.2) is 29.2 Å². The summed E-state index contributed by atoms with van der Waals surface area (Å²) in [4.78, 5) is -0.0666. The molecular weight excluding hydrogens is 228 g/mol. The molecule has 0 unspecified atom stereocenters. The molecule has 16 heavy (non-hydrogen) atoms. The van der Waals surface area contributed by atoms with Gasteiger partial charge in [0.25, 0.3) is 10.1 Å². The Bertz CT molecular complexity index is 385. The lowest BCUT2D eigenvalue weighted by molar-refractivity contribution is 0.483. The molecule has 0 fully saturated rings. The Morgan fingerprint density at radius 2 is 1.56 bits per heavy atom. The third-order valence-electron chi connectivity index (χ3n) is 1.73. The number of rotatable bonds is 3. The number of aryl methyl sites for hydroxylation is 1. The molecule has 0 heterocycles. The molecular formula is C10H18N2O3S. The highest BCUT2D eigenvalue weighted by molar-refractivity contribution is 7.85. The number of hydrogen-bond donors (Lipinski definition) is 3. The van der Waals surface area contributed by atoms with E-state index in [2.05, 4.69) is 0 Å². The van der Waals surface area contributed by atoms with Gasteiger partial charge >= 0.3 is 0 Å². The second-order valence-electron chi connectivity index (χ2n) is 3.22. The fourth-order valence-corrected chi connectivity index (χ4v) is 1.31. The normalized spacial score (nSPS) is 10.5. The van der Waals surface area contributed by atoms with Crippen molar-refractivity contribution in [2.75, 3.05) is 13.1 Å². The first-order chi connectivity index (χ1) is 7.41. The van der Waals surface area contributed by atoms with Crippen LogP contribution < -0.4 is 11.5 Å². The van der Waals surface area contributed by atoms with E-state index in [-0.39, 0.29) is 4.90 Å². The summed E-state index contributed by atoms with van der Waals surface area (Å²) in [5.41, 5.74) is 11.1. The SMILES string of the molecule is Cc1ccc(S(=O)(=O)O)cc1.NCCCN. The average molecular weight is 246 g/mol. The van der Waals surface area contributed by atoms with Crippen molar-refractivity contribution in [3.05, 3.63) is 29.8 Å². The van der Waals surface area contributed by atoms with Crippen LogP contribution in [0, 0.1) is 6.92 Å². The van der Waals surface area contributed by atoms with Gasteiger partial charge in [0.15, 0.2) is 0 Å². The lowest BCUT2D eigenvalue weighted by Crippen LogP contribution is -2.06. The van der Waals surface area contributed by atoms with Crippen LogP contribution in [0.1, 0.15) is 12.0 Å². The molecule has 5 N–H and O–H groups in total. The third kappa shape index (κ3) is 6.52. The van der Waals surface area contributed by atoms with Gasteiger partial charge in [-0.25, -0.2) is 0 Å². The van der Waals surface area contributed by atoms with Crippen LogP contribution in [0.5, 0.6) is 0 Å². The van der Waals surface area contributed by atoms with E-state index in [0.29, 0.717) is 0 Å². The van der Waals surface area contributed by atoms with E-state index in [1.807, 2.05) is 6.92 Å². The van der Waals surface area contributed by atoms with Gasteiger partial charge in [0, 0.05) is 0 Å². The molecule has 0 aliphatic carbocycles. The summed E-state index contributed by atoms with van der Waals surface area (Å²) >= 11 is 0. The summed E-state index contributed by atoms with van der Waals surface area (Å²) in [6.07, 6.45) is 0.944. The Morgan fingerprint density at radius 1 is 1.12 bits per heavy atom. The van der Waals surface area contributed by atoms with Crippen LogP contribution in [0.25, 0.3) is 0 Å². The molecule has 1 aromatic carbocycles. The number of nitrogens with two attached hydrogens (primary N) is 2. The van der Waals surface area contributed by atoms with Crippen molar-refractivity contribution in [3.8, 4) is 0 Å². The van der Waals surface area contributed by atoms with Gasteiger partial charge in [0.1, 0.15) is 0 Å². The van der Waals surface area contributed by atoms with Gasteiger partial charge < -0.3 is 11.5 Å². The molecule has 0 spiro atoms. The summed E-state index contributed by atoms with van der Waals surface area (Å²) in [6, 6.07) is 5.99. The second-order valence-corrected chi connectivity index (χ2v) is 4.64. The fraction of sp³-hybridized carbons (Fsp3) is 0.400. The smallest absolute Gasteiger partial charge is 0.294 e. The zero-order valence-corrected chi connectivity index (χ0v) is 10.1. The van der Waals surface area contributed by atoms with Crippen molar-refractivity contribution in [1.29, 1.82) is 0 Å². The van der Waals surface area contributed by atoms with Crippen LogP contribution in [0.3, 0.4) is 0 Å². The second kappa shape index (κ2) is 7.34. The quantitative estimate of drug-likeness (QED) is 0.675. The monoisotopic (exact) mass is 246 g/mol. The Kier molecular flexibility index (Phi) is 6.91. The Morgan fingerprint density at radius 3 is 1.81 bits per heavy atom. The topological polar surface area (TPSA) is 106 Å². The van der Waals surface area contributed by atoms with Gasteiger partial charge in [0.05, 0.1) is 4.90 Å². The zero-order valence-electron chi connectivity index (χ0n) is 9.26. The highest BCUT2D eigenvalue weighted by Crippen LogP contribution is 2.08. The predicted molar refractivity (Wildman–Crippen MR) is 63.7 cm³/mol. The number of benzene rings is 1. The molecule has 0 aromatic heterocycles. The van der Waals surface area contributed by atoms with E-state index in [1.165, 1.54) is 12.1 Å². The first-order valence-electron chi connectivity index (χ1n) is 4.86. The first kappa shape index (κ1) is 15.0. The van der Waals surface area contributed by atoms with Gasteiger partial charge in [-0.15, -0.1) is 0 Å². The Balaban J connectivity index is 0.000000385. The van der Waals surface area contributed by atoms with Crippen LogP contribution in [-0.4, -0.2) is 26.1 Å². The van der Waals surface area contributed by atoms with Gasteiger partial charge in [-0.05, 0) is 38.6 Å². The van der Waals surface area contributed by atoms with Crippen molar-refractivity contribution in [2.45, 2.75) is 18.2 Å². The molecule has 0 aliphatic heterocycles. The molecule has 0 amide bonds. The van der Waals surface area contributed by atoms with Gasteiger partial charge in [-0.3, -0.25) is 4.55 Å². The molecule has 1 aromatic rings. The van der Waals surface area contributed by atoms with Crippen molar-refractivity contribution in [3.63, 3.8) is 0 Å². The minimum Gasteiger partial charge on any atom is -0.330 e. The molecule has 5 nitrogen and oxygen atoms in total. The van der Waals surface area contributed by atoms with Crippen LogP contribution >= 0.6 is 0 Å². The van der Waals surface area contributed by atoms with E-state index < -0.39 is 10.1 Å². The third-order valence-corrected chi connectivity index (χ3v) is 2.59. The van der Waals surface area contributed by atoms with Crippen molar-refractivity contribution in [2.24, 2.45) is 11.5 Å². The summed E-state index contributed by atoms with van der Waals surface area (Å²) < 4.78 is 29.6. The van der Waals surface area contributed by atoms with E-state index in [4.69, 9.17) is 16.0 Å². The van der Waals surface area contributed by atoms with E-state index >= 15 is 0 Å². The molecule has 0 atom stereocenters. The lowest BCUT2D eigenvalue weighted by Gasteiger charge is -1.95. The summed E-state index contributed by atoms with van der Waals surface area (Å²) in [5.74, 6) is 0. The highest BCUT2D eigenvalue weighted by atomic mass is 32.2. The van der Waals surface area contributed by atoms with Crippen molar-refractivity contribution < 1.29 is 13.0 Å². The predicted octanol–water partition coefficient (Wildman–Crippen LogP) is 0.536. The molecule has 0 aliphatic rings. The Labute approximate surface area is 96.2 Å². The van der Waals surface area contributed by atoms with E-state index in [9.17, 15) is 8.42 Å². The fourth-order valence-electron chi connectivity index (χ4n) is 0.828. The maximum Gasteiger partial charge on any atom is 0.294 e. The number of hydrogen-bond acceptors (Lipinski definition) is 4. The van der Waals surface area contributed by atoms with Crippen molar-refractivity contribution >= 4 is 10.1 Å². The molecule has 0 radical (unpaired) electrons. The molecule has 0 saturated heterocycles. The van der Waals surface area contributed by atoms with Gasteiger partial charge in [-0.2, -0.15) is 8.42 Å². The minimum absolute atomic E-state index is 0.0666. The van der Waals surface area contributed by atoms with E-state index in [0.717, 1.165) is 25.1 Å². The zero-order chi connectivity index (χ0) is 12.6. The summed E-state index contributed by atoms with van der Waals surface area (Å²) in [5, 5.41) is 0. The minimum atomic E-state index is -4.02. The molecule has 1 rings (SSSR count). The Hall–Kier alpha value is -0.950. The van der Waals surface area contributed by atoms with Crippen LogP contribution in [0.2, 0.25) is 0 Å². The first-order valence-corrected chi connectivity index (χ1v) is 6.30. The molecule has 0 bridgehead atoms. The van der Waals surface area contributed by atoms with Crippen LogP contribution in [-0.2, 0) is 10.1 Å². The highest BCUT2D eigenvalue weighted by Gasteiger charge is 2.06. The maximum atomic E-state index is 10.5. The molecule has 0 saturated carbocycles. The standard InChI is InChI=1S/C7H8O3S.C3H10N2/c1-6-2-4-7(5-3-6)11(8,9)10;4-2-1-3-5/h2-5H,1H3,(H,8,9,10);1-5H2. The van der Waals surface area contributed by atoms with Gasteiger partial charge in [0.2, 0.25) is 0 Å². The largest absolute Gasteiger partial charge is 0.330 e. The molecule has 92 valence electrons. The summed E-state index contributed by atoms with van der Waals surface area (Å²) in [6.45, 7) is 3.28. The van der Waals surface area contributed by atoms with E-state index in [1.54, 1.807) is 12.1 Å². The average Bonchev–Trinajstić information content (AvgIpc) is 2.19.